The number of hydrogen-bond acceptors (Lipinski definition) is 4. The molecule has 6 nitrogen and oxygen atoms in total. The van der Waals surface area contributed by atoms with Crippen LogP contribution in [0.5, 0.6) is 0 Å². The summed E-state index contributed by atoms with van der Waals surface area (Å²) < 4.78 is 61.8. The summed E-state index contributed by atoms with van der Waals surface area (Å²) in [6, 6.07) is 12.0. The van der Waals surface area contributed by atoms with Crippen LogP contribution in [0.15, 0.2) is 66.1 Å². The molecule has 1 aromatic heterocycles. The molecule has 0 spiro atoms. The fourth-order valence-electron chi connectivity index (χ4n) is 3.62. The number of nitrogens with zero attached hydrogens (tertiary/aromatic N) is 3. The van der Waals surface area contributed by atoms with Crippen molar-refractivity contribution in [1.82, 2.24) is 13.9 Å². The van der Waals surface area contributed by atoms with E-state index in [1.807, 2.05) is 0 Å². The molecule has 2 atom stereocenters. The van der Waals surface area contributed by atoms with Gasteiger partial charge in [0, 0.05) is 32.3 Å². The van der Waals surface area contributed by atoms with Gasteiger partial charge in [0.2, 0.25) is 0 Å². The molecule has 3 aromatic rings. The van der Waals surface area contributed by atoms with Gasteiger partial charge in [-0.2, -0.15) is 4.31 Å². The Bertz CT molecular complexity index is 1130. The van der Waals surface area contributed by atoms with Gasteiger partial charge in [0.05, 0.1) is 19.0 Å². The lowest BCUT2D eigenvalue weighted by Crippen LogP contribution is -2.30. The molecule has 2 unspecified atom stereocenters. The highest BCUT2D eigenvalue weighted by molar-refractivity contribution is 7.89. The van der Waals surface area contributed by atoms with Crippen LogP contribution in [-0.2, 0) is 28.4 Å². The lowest BCUT2D eigenvalue weighted by atomic mass is 9.96. The van der Waals surface area contributed by atoms with E-state index in [1.54, 1.807) is 35.9 Å². The summed E-state index contributed by atoms with van der Waals surface area (Å²) in [6.07, 6.45) is 2.40. The van der Waals surface area contributed by atoms with E-state index in [0.717, 1.165) is 5.56 Å². The van der Waals surface area contributed by atoms with Crippen molar-refractivity contribution in [3.8, 4) is 0 Å². The average molecular weight is 433 g/mol. The summed E-state index contributed by atoms with van der Waals surface area (Å²) >= 11 is 0. The third-order valence-electron chi connectivity index (χ3n) is 5.17. The number of sulfonamides is 1. The summed E-state index contributed by atoms with van der Waals surface area (Å²) in [7, 11) is -2.11. The van der Waals surface area contributed by atoms with E-state index in [1.165, 1.54) is 41.1 Å². The van der Waals surface area contributed by atoms with Crippen molar-refractivity contribution in [2.24, 2.45) is 7.05 Å². The summed E-state index contributed by atoms with van der Waals surface area (Å²) in [5.74, 6) is -1.03. The standard InChI is InChI=1S/C21H21F2N3O3S/c1-25-12-21(24-14-25)30(27,28)26-10-19(16-5-7-17(22)8-6-16)20(11-26)29-13-15-3-2-4-18(23)9-15/h2-9,12,14,19-20H,10-11,13H2,1H3. The molecule has 0 radical (unpaired) electrons. The maximum absolute atomic E-state index is 13.5. The van der Waals surface area contributed by atoms with Gasteiger partial charge in [0.1, 0.15) is 11.6 Å². The highest BCUT2D eigenvalue weighted by Crippen LogP contribution is 2.33. The highest BCUT2D eigenvalue weighted by Gasteiger charge is 2.41. The Morgan fingerprint density at radius 2 is 1.87 bits per heavy atom. The molecule has 158 valence electrons. The first-order valence-electron chi connectivity index (χ1n) is 9.42. The molecule has 1 aliphatic heterocycles. The number of benzene rings is 2. The van der Waals surface area contributed by atoms with Crippen LogP contribution in [0, 0.1) is 11.6 Å². The number of rotatable bonds is 6. The van der Waals surface area contributed by atoms with Gasteiger partial charge < -0.3 is 9.30 Å². The Hall–Kier alpha value is -2.62. The molecular weight excluding hydrogens is 412 g/mol. The van der Waals surface area contributed by atoms with Crippen molar-refractivity contribution < 1.29 is 21.9 Å². The number of aromatic nitrogens is 2. The van der Waals surface area contributed by atoms with Gasteiger partial charge in [-0.25, -0.2) is 22.2 Å². The molecule has 2 aromatic carbocycles. The maximum Gasteiger partial charge on any atom is 0.262 e. The van der Waals surface area contributed by atoms with Crippen LogP contribution in [0.4, 0.5) is 8.78 Å². The quantitative estimate of drug-likeness (QED) is 0.599. The van der Waals surface area contributed by atoms with Crippen molar-refractivity contribution in [1.29, 1.82) is 0 Å². The molecular formula is C21H21F2N3O3S. The van der Waals surface area contributed by atoms with Crippen molar-refractivity contribution in [3.05, 3.63) is 83.8 Å². The van der Waals surface area contributed by atoms with Gasteiger partial charge in [0.25, 0.3) is 10.0 Å². The molecule has 2 heterocycles. The summed E-state index contributed by atoms with van der Waals surface area (Å²) in [4.78, 5) is 3.97. The fraction of sp³-hybridized carbons (Fsp3) is 0.286. The lowest BCUT2D eigenvalue weighted by molar-refractivity contribution is 0.0406. The Kier molecular flexibility index (Phi) is 5.68. The molecule has 30 heavy (non-hydrogen) atoms. The number of hydrogen-bond donors (Lipinski definition) is 0. The van der Waals surface area contributed by atoms with Crippen LogP contribution in [0.25, 0.3) is 0 Å². The number of ether oxygens (including phenoxy) is 1. The molecule has 0 bridgehead atoms. The van der Waals surface area contributed by atoms with Gasteiger partial charge >= 0.3 is 0 Å². The second-order valence-corrected chi connectivity index (χ2v) is 9.22. The predicted molar refractivity (Wildman–Crippen MR) is 106 cm³/mol. The van der Waals surface area contributed by atoms with E-state index in [0.29, 0.717) is 5.56 Å². The normalized spacial score (nSPS) is 20.0. The van der Waals surface area contributed by atoms with Crippen LogP contribution in [0.1, 0.15) is 17.0 Å². The fourth-order valence-corrected chi connectivity index (χ4v) is 5.06. The van der Waals surface area contributed by atoms with Crippen molar-refractivity contribution in [2.75, 3.05) is 13.1 Å². The topological polar surface area (TPSA) is 64.4 Å². The number of aryl methyl sites for hydroxylation is 1. The minimum absolute atomic E-state index is 0.0337. The van der Waals surface area contributed by atoms with E-state index >= 15 is 0 Å². The van der Waals surface area contributed by atoms with Crippen LogP contribution >= 0.6 is 0 Å². The monoisotopic (exact) mass is 433 g/mol. The highest BCUT2D eigenvalue weighted by atomic mass is 32.2. The summed E-state index contributed by atoms with van der Waals surface area (Å²) in [6.45, 7) is 0.437. The zero-order chi connectivity index (χ0) is 21.3. The zero-order valence-corrected chi connectivity index (χ0v) is 17.1. The van der Waals surface area contributed by atoms with Crippen LogP contribution < -0.4 is 0 Å². The van der Waals surface area contributed by atoms with E-state index < -0.39 is 16.1 Å². The van der Waals surface area contributed by atoms with Crippen LogP contribution in [-0.4, -0.2) is 41.5 Å². The second-order valence-electron chi connectivity index (χ2n) is 7.34. The number of imidazole rings is 1. The van der Waals surface area contributed by atoms with Gasteiger partial charge in [-0.15, -0.1) is 0 Å². The van der Waals surface area contributed by atoms with E-state index in [-0.39, 0.29) is 42.3 Å². The smallest absolute Gasteiger partial charge is 0.262 e. The van der Waals surface area contributed by atoms with Gasteiger partial charge in [-0.05, 0) is 35.4 Å². The molecule has 1 aliphatic rings. The van der Waals surface area contributed by atoms with Crippen molar-refractivity contribution in [2.45, 2.75) is 23.7 Å². The Balaban J connectivity index is 1.59. The van der Waals surface area contributed by atoms with Gasteiger partial charge in [0.15, 0.2) is 5.03 Å². The predicted octanol–water partition coefficient (Wildman–Crippen LogP) is 3.07. The Labute approximate surface area is 173 Å². The molecule has 1 fully saturated rings. The first-order valence-corrected chi connectivity index (χ1v) is 10.9. The molecule has 4 rings (SSSR count). The minimum Gasteiger partial charge on any atom is -0.371 e. The molecule has 0 aliphatic carbocycles. The van der Waals surface area contributed by atoms with Crippen molar-refractivity contribution in [3.63, 3.8) is 0 Å². The third-order valence-corrected chi connectivity index (χ3v) is 6.89. The largest absolute Gasteiger partial charge is 0.371 e. The number of halogens is 2. The maximum atomic E-state index is 13.5. The Morgan fingerprint density at radius 1 is 1.10 bits per heavy atom. The first kappa shape index (κ1) is 20.6. The summed E-state index contributed by atoms with van der Waals surface area (Å²) in [5.41, 5.74) is 1.43. The van der Waals surface area contributed by atoms with Crippen LogP contribution in [0.2, 0.25) is 0 Å². The zero-order valence-electron chi connectivity index (χ0n) is 16.3. The molecule has 0 amide bonds. The van der Waals surface area contributed by atoms with E-state index in [9.17, 15) is 17.2 Å². The average Bonchev–Trinajstić information content (AvgIpc) is 3.34. The minimum atomic E-state index is -3.80. The first-order chi connectivity index (χ1) is 14.3. The van der Waals surface area contributed by atoms with Crippen molar-refractivity contribution >= 4 is 10.0 Å². The molecule has 1 saturated heterocycles. The van der Waals surface area contributed by atoms with Crippen LogP contribution in [0.3, 0.4) is 0 Å². The van der Waals surface area contributed by atoms with Gasteiger partial charge in [-0.1, -0.05) is 24.3 Å². The molecule has 0 N–H and O–H groups in total. The lowest BCUT2D eigenvalue weighted by Gasteiger charge is -2.19. The summed E-state index contributed by atoms with van der Waals surface area (Å²) in [5, 5.41) is -0.0337. The van der Waals surface area contributed by atoms with E-state index in [2.05, 4.69) is 4.98 Å². The van der Waals surface area contributed by atoms with Gasteiger partial charge in [-0.3, -0.25) is 0 Å². The molecule has 9 heteroatoms. The Morgan fingerprint density at radius 3 is 2.53 bits per heavy atom. The third kappa shape index (κ3) is 4.28. The molecule has 0 saturated carbocycles. The van der Waals surface area contributed by atoms with E-state index in [4.69, 9.17) is 4.74 Å². The second kappa shape index (κ2) is 8.25. The SMILES string of the molecule is Cn1cnc(S(=O)(=O)N2CC(OCc3cccc(F)c3)C(c3ccc(F)cc3)C2)c1.